The molecule has 18 heavy (non-hydrogen) atoms. The second-order valence-electron chi connectivity index (χ2n) is 4.40. The molecule has 1 aromatic heterocycles. The van der Waals surface area contributed by atoms with Crippen LogP contribution in [-0.2, 0) is 6.54 Å². The van der Waals surface area contributed by atoms with Gasteiger partial charge in [0.25, 0.3) is 0 Å². The first-order valence-electron chi connectivity index (χ1n) is 6.11. The smallest absolute Gasteiger partial charge is 0.120 e. The maximum atomic E-state index is 5.59. The Hall–Kier alpha value is -1.74. The van der Waals surface area contributed by atoms with Gasteiger partial charge in [0.1, 0.15) is 17.3 Å². The molecule has 2 aromatic rings. The van der Waals surface area contributed by atoms with Crippen molar-refractivity contribution < 1.29 is 9.15 Å². The molecule has 3 heteroatoms. The minimum Gasteiger partial charge on any atom is -0.497 e. The Bertz CT molecular complexity index is 487. The van der Waals surface area contributed by atoms with Gasteiger partial charge in [-0.05, 0) is 43.7 Å². The van der Waals surface area contributed by atoms with Crippen LogP contribution in [0.5, 0.6) is 5.75 Å². The van der Waals surface area contributed by atoms with Crippen LogP contribution in [0.3, 0.4) is 0 Å². The van der Waals surface area contributed by atoms with Crippen molar-refractivity contribution in [2.24, 2.45) is 0 Å². The summed E-state index contributed by atoms with van der Waals surface area (Å²) in [6.07, 6.45) is 0. The summed E-state index contributed by atoms with van der Waals surface area (Å²) in [5.41, 5.74) is 1.23. The van der Waals surface area contributed by atoms with E-state index in [1.165, 1.54) is 5.56 Å². The Kier molecular flexibility index (Phi) is 4.05. The van der Waals surface area contributed by atoms with Gasteiger partial charge in [-0.1, -0.05) is 12.1 Å². The summed E-state index contributed by atoms with van der Waals surface area (Å²) in [6.45, 7) is 4.87. The third-order valence-electron chi connectivity index (χ3n) is 2.96. The maximum Gasteiger partial charge on any atom is 0.120 e. The van der Waals surface area contributed by atoms with Crippen LogP contribution in [0.25, 0.3) is 0 Å². The first-order valence-corrected chi connectivity index (χ1v) is 6.11. The Labute approximate surface area is 108 Å². The summed E-state index contributed by atoms with van der Waals surface area (Å²) in [4.78, 5) is 0. The molecule has 1 unspecified atom stereocenters. The number of rotatable bonds is 5. The molecule has 3 nitrogen and oxygen atoms in total. The number of methoxy groups -OCH3 is 1. The summed E-state index contributed by atoms with van der Waals surface area (Å²) in [7, 11) is 1.68. The van der Waals surface area contributed by atoms with Gasteiger partial charge < -0.3 is 14.5 Å². The fraction of sp³-hybridized carbons (Fsp3) is 0.333. The average Bonchev–Trinajstić information content (AvgIpc) is 2.83. The van der Waals surface area contributed by atoms with E-state index < -0.39 is 0 Å². The van der Waals surface area contributed by atoms with Crippen LogP contribution in [0.4, 0.5) is 0 Å². The molecular weight excluding hydrogens is 226 g/mol. The highest BCUT2D eigenvalue weighted by atomic mass is 16.5. The summed E-state index contributed by atoms with van der Waals surface area (Å²) >= 11 is 0. The lowest BCUT2D eigenvalue weighted by Gasteiger charge is -2.11. The number of hydrogen-bond donors (Lipinski definition) is 1. The molecule has 0 aliphatic heterocycles. The van der Waals surface area contributed by atoms with E-state index in [4.69, 9.17) is 9.15 Å². The van der Waals surface area contributed by atoms with Crippen LogP contribution in [0, 0.1) is 6.92 Å². The number of benzene rings is 1. The zero-order chi connectivity index (χ0) is 13.0. The fourth-order valence-corrected chi connectivity index (χ4v) is 1.80. The number of hydrogen-bond acceptors (Lipinski definition) is 3. The van der Waals surface area contributed by atoms with Crippen molar-refractivity contribution in [3.8, 4) is 5.75 Å². The normalized spacial score (nSPS) is 12.4. The van der Waals surface area contributed by atoms with Crippen molar-refractivity contribution in [2.75, 3.05) is 7.11 Å². The van der Waals surface area contributed by atoms with Crippen LogP contribution in [-0.4, -0.2) is 7.11 Å². The minimum absolute atomic E-state index is 0.209. The largest absolute Gasteiger partial charge is 0.497 e. The second kappa shape index (κ2) is 5.74. The third kappa shape index (κ3) is 3.14. The van der Waals surface area contributed by atoms with E-state index in [1.807, 2.05) is 31.2 Å². The molecule has 1 heterocycles. The average molecular weight is 245 g/mol. The number of nitrogens with one attached hydrogen (secondary N) is 1. The van der Waals surface area contributed by atoms with Crippen LogP contribution >= 0.6 is 0 Å². The summed E-state index contributed by atoms with van der Waals surface area (Å²) in [5, 5.41) is 3.43. The molecule has 0 spiro atoms. The number of furan rings is 1. The standard InChI is InChI=1S/C15H19NO2/c1-11-4-9-15(18-11)12(2)16-10-13-5-7-14(17-3)8-6-13/h4-9,12,16H,10H2,1-3H3. The lowest BCUT2D eigenvalue weighted by molar-refractivity contribution is 0.412. The summed E-state index contributed by atoms with van der Waals surface area (Å²) in [5.74, 6) is 2.80. The van der Waals surface area contributed by atoms with Crippen molar-refractivity contribution in [3.05, 3.63) is 53.5 Å². The van der Waals surface area contributed by atoms with E-state index in [1.54, 1.807) is 7.11 Å². The van der Waals surface area contributed by atoms with E-state index in [9.17, 15) is 0 Å². The predicted octanol–water partition coefficient (Wildman–Crippen LogP) is 3.45. The lowest BCUT2D eigenvalue weighted by Crippen LogP contribution is -2.17. The number of aryl methyl sites for hydroxylation is 1. The molecule has 2 rings (SSSR count). The summed E-state index contributed by atoms with van der Waals surface area (Å²) < 4.78 is 10.7. The third-order valence-corrected chi connectivity index (χ3v) is 2.96. The van der Waals surface area contributed by atoms with Crippen molar-refractivity contribution in [1.82, 2.24) is 5.32 Å². The van der Waals surface area contributed by atoms with Crippen LogP contribution in [0.15, 0.2) is 40.8 Å². The first kappa shape index (κ1) is 12.7. The first-order chi connectivity index (χ1) is 8.69. The summed E-state index contributed by atoms with van der Waals surface area (Å²) in [6, 6.07) is 12.3. The molecule has 0 saturated heterocycles. The van der Waals surface area contributed by atoms with Gasteiger partial charge in [0.05, 0.1) is 13.2 Å². The Morgan fingerprint density at radius 2 is 1.89 bits per heavy atom. The number of ether oxygens (including phenoxy) is 1. The van der Waals surface area contributed by atoms with E-state index in [2.05, 4.69) is 24.4 Å². The SMILES string of the molecule is COc1ccc(CNC(C)c2ccc(C)o2)cc1. The molecule has 0 fully saturated rings. The van der Waals surface area contributed by atoms with E-state index >= 15 is 0 Å². The zero-order valence-electron chi connectivity index (χ0n) is 11.1. The highest BCUT2D eigenvalue weighted by Gasteiger charge is 2.08. The fourth-order valence-electron chi connectivity index (χ4n) is 1.80. The lowest BCUT2D eigenvalue weighted by atomic mass is 10.2. The molecule has 0 aliphatic carbocycles. The molecule has 1 atom stereocenters. The van der Waals surface area contributed by atoms with Gasteiger partial charge in [-0.15, -0.1) is 0 Å². The van der Waals surface area contributed by atoms with Crippen LogP contribution in [0.1, 0.15) is 30.0 Å². The highest BCUT2D eigenvalue weighted by molar-refractivity contribution is 5.27. The van der Waals surface area contributed by atoms with Gasteiger partial charge >= 0.3 is 0 Å². The molecule has 96 valence electrons. The Balaban J connectivity index is 1.90. The van der Waals surface area contributed by atoms with Gasteiger partial charge in [0.15, 0.2) is 0 Å². The molecular formula is C15H19NO2. The molecule has 0 bridgehead atoms. The molecule has 1 N–H and O–H groups in total. The van der Waals surface area contributed by atoms with E-state index in [0.717, 1.165) is 23.8 Å². The van der Waals surface area contributed by atoms with Gasteiger partial charge in [-0.2, -0.15) is 0 Å². The minimum atomic E-state index is 0.209. The second-order valence-corrected chi connectivity index (χ2v) is 4.40. The monoisotopic (exact) mass is 245 g/mol. The molecule has 0 saturated carbocycles. The Morgan fingerprint density at radius 1 is 1.17 bits per heavy atom. The van der Waals surface area contributed by atoms with Crippen LogP contribution in [0.2, 0.25) is 0 Å². The Morgan fingerprint density at radius 3 is 2.44 bits per heavy atom. The molecule has 0 radical (unpaired) electrons. The molecule has 1 aromatic carbocycles. The zero-order valence-corrected chi connectivity index (χ0v) is 11.1. The van der Waals surface area contributed by atoms with Crippen LogP contribution < -0.4 is 10.1 Å². The van der Waals surface area contributed by atoms with Gasteiger partial charge in [0, 0.05) is 6.54 Å². The highest BCUT2D eigenvalue weighted by Crippen LogP contribution is 2.17. The van der Waals surface area contributed by atoms with E-state index in [0.29, 0.717) is 0 Å². The van der Waals surface area contributed by atoms with E-state index in [-0.39, 0.29) is 6.04 Å². The predicted molar refractivity (Wildman–Crippen MR) is 71.7 cm³/mol. The van der Waals surface area contributed by atoms with Gasteiger partial charge in [-0.25, -0.2) is 0 Å². The van der Waals surface area contributed by atoms with Gasteiger partial charge in [0.2, 0.25) is 0 Å². The molecule has 0 amide bonds. The van der Waals surface area contributed by atoms with Crippen molar-refractivity contribution in [3.63, 3.8) is 0 Å². The quantitative estimate of drug-likeness (QED) is 0.876. The van der Waals surface area contributed by atoms with Crippen molar-refractivity contribution in [2.45, 2.75) is 26.4 Å². The van der Waals surface area contributed by atoms with Crippen molar-refractivity contribution >= 4 is 0 Å². The molecule has 0 aliphatic rings. The topological polar surface area (TPSA) is 34.4 Å². The van der Waals surface area contributed by atoms with Crippen molar-refractivity contribution in [1.29, 1.82) is 0 Å². The maximum absolute atomic E-state index is 5.59. The van der Waals surface area contributed by atoms with Gasteiger partial charge in [-0.3, -0.25) is 0 Å².